The highest BCUT2D eigenvalue weighted by molar-refractivity contribution is 5.82. The highest BCUT2D eigenvalue weighted by atomic mass is 16.6. The maximum atomic E-state index is 11.3. The molecule has 0 radical (unpaired) electrons. The van der Waals surface area contributed by atoms with Gasteiger partial charge in [-0.3, -0.25) is 0 Å². The van der Waals surface area contributed by atoms with Crippen LogP contribution in [0.25, 0.3) is 0 Å². The zero-order valence-corrected chi connectivity index (χ0v) is 11.6. The molecule has 0 aromatic heterocycles. The van der Waals surface area contributed by atoms with Gasteiger partial charge >= 0.3 is 11.9 Å². The molecule has 0 saturated heterocycles. The number of carbonyl (C=O) groups excluding carboxylic acids is 2. The Labute approximate surface area is 109 Å². The molecule has 4 heteroatoms. The molecule has 0 aromatic rings. The van der Waals surface area contributed by atoms with E-state index in [0.29, 0.717) is 6.42 Å². The lowest BCUT2D eigenvalue weighted by Gasteiger charge is -2.29. The van der Waals surface area contributed by atoms with Gasteiger partial charge < -0.3 is 9.47 Å². The van der Waals surface area contributed by atoms with Crippen molar-refractivity contribution in [1.29, 1.82) is 0 Å². The van der Waals surface area contributed by atoms with Gasteiger partial charge in [-0.1, -0.05) is 33.9 Å². The predicted octanol–water partition coefficient (Wildman–Crippen LogP) is 2.64. The Balaban J connectivity index is 4.73. The molecular weight excluding hydrogens is 232 g/mol. The molecule has 2 unspecified atom stereocenters. The minimum atomic E-state index is -0.531. The van der Waals surface area contributed by atoms with Crippen LogP contribution in [0, 0.1) is 5.41 Å². The largest absolute Gasteiger partial charge is 0.456 e. The van der Waals surface area contributed by atoms with Crippen molar-refractivity contribution in [3.05, 3.63) is 25.3 Å². The van der Waals surface area contributed by atoms with Crippen molar-refractivity contribution in [3.63, 3.8) is 0 Å². The van der Waals surface area contributed by atoms with Crippen molar-refractivity contribution in [1.82, 2.24) is 0 Å². The molecule has 0 fully saturated rings. The molecule has 0 aliphatic rings. The van der Waals surface area contributed by atoms with E-state index < -0.39 is 24.1 Å². The fourth-order valence-corrected chi connectivity index (χ4v) is 1.41. The molecule has 4 nitrogen and oxygen atoms in total. The van der Waals surface area contributed by atoms with Crippen molar-refractivity contribution in [2.24, 2.45) is 5.41 Å². The zero-order valence-electron chi connectivity index (χ0n) is 11.6. The van der Waals surface area contributed by atoms with E-state index in [-0.39, 0.29) is 5.41 Å². The van der Waals surface area contributed by atoms with Crippen molar-refractivity contribution in [2.45, 2.75) is 46.3 Å². The lowest BCUT2D eigenvalue weighted by atomic mass is 9.87. The van der Waals surface area contributed by atoms with Gasteiger partial charge in [0.2, 0.25) is 0 Å². The van der Waals surface area contributed by atoms with Crippen LogP contribution in [0.3, 0.4) is 0 Å². The topological polar surface area (TPSA) is 52.6 Å². The van der Waals surface area contributed by atoms with E-state index in [2.05, 4.69) is 13.2 Å². The molecule has 2 atom stereocenters. The molecule has 0 bridgehead atoms. The number of rotatable bonds is 6. The minimum absolute atomic E-state index is 0.0546. The van der Waals surface area contributed by atoms with Crippen LogP contribution in [-0.4, -0.2) is 24.1 Å². The fourth-order valence-electron chi connectivity index (χ4n) is 1.41. The van der Waals surface area contributed by atoms with Crippen molar-refractivity contribution in [3.8, 4) is 0 Å². The molecule has 0 aliphatic carbocycles. The zero-order chi connectivity index (χ0) is 14.3. The molecule has 0 aliphatic heterocycles. The lowest BCUT2D eigenvalue weighted by molar-refractivity contribution is -0.162. The van der Waals surface area contributed by atoms with Crippen LogP contribution in [0.15, 0.2) is 25.3 Å². The van der Waals surface area contributed by atoms with Crippen LogP contribution >= 0.6 is 0 Å². The van der Waals surface area contributed by atoms with E-state index in [0.717, 1.165) is 12.2 Å². The highest BCUT2D eigenvalue weighted by Gasteiger charge is 2.28. The second-order valence-electron chi connectivity index (χ2n) is 5.29. The average molecular weight is 254 g/mol. The summed E-state index contributed by atoms with van der Waals surface area (Å²) in [6.45, 7) is 14.4. The summed E-state index contributed by atoms with van der Waals surface area (Å²) in [6.07, 6.45) is 1.73. The number of ether oxygens (including phenoxy) is 2. The van der Waals surface area contributed by atoms with E-state index >= 15 is 0 Å². The van der Waals surface area contributed by atoms with E-state index in [9.17, 15) is 9.59 Å². The summed E-state index contributed by atoms with van der Waals surface area (Å²) >= 11 is 0. The van der Waals surface area contributed by atoms with Gasteiger partial charge in [0.25, 0.3) is 0 Å². The molecule has 0 rings (SSSR count). The molecule has 0 spiro atoms. The summed E-state index contributed by atoms with van der Waals surface area (Å²) < 4.78 is 10.3. The Bertz CT molecular complexity index is 325. The van der Waals surface area contributed by atoms with Crippen molar-refractivity contribution >= 4 is 11.9 Å². The molecule has 0 saturated carbocycles. The van der Waals surface area contributed by atoms with Gasteiger partial charge in [-0.2, -0.15) is 0 Å². The monoisotopic (exact) mass is 254 g/mol. The van der Waals surface area contributed by atoms with Gasteiger partial charge in [0.1, 0.15) is 12.2 Å². The first-order valence-electron chi connectivity index (χ1n) is 5.85. The van der Waals surface area contributed by atoms with Crippen molar-refractivity contribution in [2.75, 3.05) is 0 Å². The molecule has 102 valence electrons. The van der Waals surface area contributed by atoms with Crippen LogP contribution in [0.4, 0.5) is 0 Å². The van der Waals surface area contributed by atoms with E-state index in [4.69, 9.17) is 9.47 Å². The Kier molecular flexibility index (Phi) is 6.37. The molecule has 0 amide bonds. The Morgan fingerprint density at radius 2 is 1.56 bits per heavy atom. The summed E-state index contributed by atoms with van der Waals surface area (Å²) in [4.78, 5) is 22.4. The first kappa shape index (κ1) is 16.4. The van der Waals surface area contributed by atoms with Crippen LogP contribution in [0.1, 0.15) is 34.1 Å². The van der Waals surface area contributed by atoms with Crippen LogP contribution < -0.4 is 0 Å². The maximum absolute atomic E-state index is 11.3. The smallest absolute Gasteiger partial charge is 0.330 e. The van der Waals surface area contributed by atoms with Crippen LogP contribution in [0.5, 0.6) is 0 Å². The molecule has 0 aromatic carbocycles. The van der Waals surface area contributed by atoms with Gasteiger partial charge in [0.05, 0.1) is 0 Å². The maximum Gasteiger partial charge on any atom is 0.330 e. The third-order valence-electron chi connectivity index (χ3n) is 2.24. The fraction of sp³-hybridized carbons (Fsp3) is 0.571. The number of hydrogen-bond donors (Lipinski definition) is 0. The van der Waals surface area contributed by atoms with E-state index in [1.165, 1.54) is 0 Å². The van der Waals surface area contributed by atoms with Gasteiger partial charge in [0, 0.05) is 12.2 Å². The Hall–Kier alpha value is -1.58. The first-order valence-corrected chi connectivity index (χ1v) is 5.85. The second-order valence-corrected chi connectivity index (χ2v) is 5.29. The van der Waals surface area contributed by atoms with E-state index in [1.807, 2.05) is 20.8 Å². The van der Waals surface area contributed by atoms with Gasteiger partial charge in [-0.05, 0) is 18.8 Å². The highest BCUT2D eigenvalue weighted by Crippen LogP contribution is 2.25. The summed E-state index contributed by atoms with van der Waals surface area (Å²) in [6, 6.07) is 0. The quantitative estimate of drug-likeness (QED) is 0.540. The molecule has 0 N–H and O–H groups in total. The standard InChI is InChI=1S/C14H22O4/c1-7-12(15)17-10(3)11(9-14(4,5)6)18-13(16)8-2/h7-8,10-11H,1-2,9H2,3-6H3. The second kappa shape index (κ2) is 6.99. The number of hydrogen-bond acceptors (Lipinski definition) is 4. The molecular formula is C14H22O4. The third kappa shape index (κ3) is 6.89. The van der Waals surface area contributed by atoms with Gasteiger partial charge in [-0.15, -0.1) is 0 Å². The number of esters is 2. The minimum Gasteiger partial charge on any atom is -0.456 e. The average Bonchev–Trinajstić information content (AvgIpc) is 2.25. The van der Waals surface area contributed by atoms with Crippen LogP contribution in [0.2, 0.25) is 0 Å². The van der Waals surface area contributed by atoms with Crippen LogP contribution in [-0.2, 0) is 19.1 Å². The molecule has 18 heavy (non-hydrogen) atoms. The Morgan fingerprint density at radius 1 is 1.11 bits per heavy atom. The normalized spacial score (nSPS) is 14.2. The predicted molar refractivity (Wildman–Crippen MR) is 69.9 cm³/mol. The molecule has 0 heterocycles. The summed E-state index contributed by atoms with van der Waals surface area (Å²) in [5.74, 6) is -1.05. The Morgan fingerprint density at radius 3 is 1.94 bits per heavy atom. The summed E-state index contributed by atoms with van der Waals surface area (Å²) in [5, 5.41) is 0. The van der Waals surface area contributed by atoms with Gasteiger partial charge in [0.15, 0.2) is 0 Å². The SMILES string of the molecule is C=CC(=O)OC(C)C(CC(C)(C)C)OC(=O)C=C. The van der Waals surface area contributed by atoms with Crippen molar-refractivity contribution < 1.29 is 19.1 Å². The third-order valence-corrected chi connectivity index (χ3v) is 2.24. The summed E-state index contributed by atoms with van der Waals surface area (Å²) in [5.41, 5.74) is -0.0546. The van der Waals surface area contributed by atoms with Gasteiger partial charge in [-0.25, -0.2) is 9.59 Å². The first-order chi connectivity index (χ1) is 8.19. The lowest BCUT2D eigenvalue weighted by Crippen LogP contribution is -2.35. The van der Waals surface area contributed by atoms with E-state index in [1.54, 1.807) is 6.92 Å². The number of carbonyl (C=O) groups is 2. The summed E-state index contributed by atoms with van der Waals surface area (Å²) in [7, 11) is 0.